The third-order valence-corrected chi connectivity index (χ3v) is 4.92. The topological polar surface area (TPSA) is 47.4 Å². The fourth-order valence-electron chi connectivity index (χ4n) is 3.30. The highest BCUT2D eigenvalue weighted by atomic mass is 16.5. The van der Waals surface area contributed by atoms with Gasteiger partial charge in [0.25, 0.3) is 5.91 Å². The standard InChI is InChI=1S/C25H23N3O2/c1-30-24-14-12-23(13-15-24)28(19-20-6-3-2-4-7-20)25(29)22-10-8-21(9-11-22)18-27-17-5-16-26-27/h2-17H,18-19H2,1H3. The monoisotopic (exact) mass is 397 g/mol. The molecule has 4 rings (SSSR count). The molecule has 0 atom stereocenters. The molecule has 5 nitrogen and oxygen atoms in total. The number of ether oxygens (including phenoxy) is 1. The SMILES string of the molecule is COc1ccc(N(Cc2ccccc2)C(=O)c2ccc(Cn3cccn3)cc2)cc1. The fraction of sp³-hybridized carbons (Fsp3) is 0.120. The number of nitrogens with zero attached hydrogens (tertiary/aromatic N) is 3. The van der Waals surface area contributed by atoms with E-state index in [9.17, 15) is 4.79 Å². The van der Waals surface area contributed by atoms with Crippen molar-refractivity contribution in [3.05, 3.63) is 114 Å². The van der Waals surface area contributed by atoms with Crippen molar-refractivity contribution in [2.45, 2.75) is 13.1 Å². The van der Waals surface area contributed by atoms with Crippen LogP contribution >= 0.6 is 0 Å². The van der Waals surface area contributed by atoms with Gasteiger partial charge in [-0.05, 0) is 53.6 Å². The molecule has 1 heterocycles. The number of benzene rings is 3. The minimum Gasteiger partial charge on any atom is -0.497 e. The lowest BCUT2D eigenvalue weighted by molar-refractivity contribution is 0.0985. The molecule has 3 aromatic carbocycles. The lowest BCUT2D eigenvalue weighted by Crippen LogP contribution is -2.30. The smallest absolute Gasteiger partial charge is 0.258 e. The van der Waals surface area contributed by atoms with Crippen LogP contribution in [0, 0.1) is 0 Å². The van der Waals surface area contributed by atoms with E-state index < -0.39 is 0 Å². The first-order valence-corrected chi connectivity index (χ1v) is 9.79. The van der Waals surface area contributed by atoms with E-state index in [-0.39, 0.29) is 5.91 Å². The fourth-order valence-corrected chi connectivity index (χ4v) is 3.30. The third-order valence-electron chi connectivity index (χ3n) is 4.92. The van der Waals surface area contributed by atoms with Gasteiger partial charge in [0.15, 0.2) is 0 Å². The summed E-state index contributed by atoms with van der Waals surface area (Å²) in [6.07, 6.45) is 3.68. The van der Waals surface area contributed by atoms with Crippen LogP contribution < -0.4 is 9.64 Å². The predicted molar refractivity (Wildman–Crippen MR) is 118 cm³/mol. The molecule has 1 aromatic heterocycles. The van der Waals surface area contributed by atoms with Crippen LogP contribution in [0.4, 0.5) is 5.69 Å². The van der Waals surface area contributed by atoms with Gasteiger partial charge in [0.2, 0.25) is 0 Å². The van der Waals surface area contributed by atoms with Gasteiger partial charge >= 0.3 is 0 Å². The average molecular weight is 397 g/mol. The molecule has 0 radical (unpaired) electrons. The quantitative estimate of drug-likeness (QED) is 0.451. The second kappa shape index (κ2) is 9.09. The predicted octanol–water partition coefficient (Wildman–Crippen LogP) is 4.79. The third kappa shape index (κ3) is 4.58. The Bertz CT molecular complexity index is 1070. The van der Waals surface area contributed by atoms with E-state index in [1.807, 2.05) is 95.8 Å². The molecule has 4 aromatic rings. The Labute approximate surface area is 176 Å². The molecule has 0 N–H and O–H groups in total. The zero-order valence-electron chi connectivity index (χ0n) is 16.8. The van der Waals surface area contributed by atoms with Crippen LogP contribution in [0.2, 0.25) is 0 Å². The Morgan fingerprint density at radius 2 is 1.63 bits per heavy atom. The maximum absolute atomic E-state index is 13.4. The van der Waals surface area contributed by atoms with Crippen LogP contribution in [0.1, 0.15) is 21.5 Å². The lowest BCUT2D eigenvalue weighted by atomic mass is 10.1. The average Bonchev–Trinajstić information content (AvgIpc) is 3.31. The van der Waals surface area contributed by atoms with Gasteiger partial charge in [0.1, 0.15) is 5.75 Å². The lowest BCUT2D eigenvalue weighted by Gasteiger charge is -2.23. The number of carbonyl (C=O) groups is 1. The Hall–Kier alpha value is -3.86. The molecule has 0 spiro atoms. The number of amides is 1. The van der Waals surface area contributed by atoms with Gasteiger partial charge < -0.3 is 9.64 Å². The van der Waals surface area contributed by atoms with Crippen molar-refractivity contribution in [3.8, 4) is 5.75 Å². The minimum atomic E-state index is -0.0466. The van der Waals surface area contributed by atoms with Gasteiger partial charge in [-0.1, -0.05) is 42.5 Å². The summed E-state index contributed by atoms with van der Waals surface area (Å²) < 4.78 is 7.11. The number of aromatic nitrogens is 2. The summed E-state index contributed by atoms with van der Waals surface area (Å²) in [7, 11) is 1.63. The van der Waals surface area contributed by atoms with Gasteiger partial charge in [-0.3, -0.25) is 9.48 Å². The van der Waals surface area contributed by atoms with Crippen LogP contribution in [-0.2, 0) is 13.1 Å². The Kier molecular flexibility index (Phi) is 5.90. The molecule has 0 saturated carbocycles. The number of carbonyl (C=O) groups excluding carboxylic acids is 1. The van der Waals surface area contributed by atoms with Gasteiger partial charge in [-0.2, -0.15) is 5.10 Å². The van der Waals surface area contributed by atoms with Crippen molar-refractivity contribution in [1.29, 1.82) is 0 Å². The van der Waals surface area contributed by atoms with Crippen molar-refractivity contribution in [1.82, 2.24) is 9.78 Å². The second-order valence-electron chi connectivity index (χ2n) is 6.98. The maximum atomic E-state index is 13.4. The first-order valence-electron chi connectivity index (χ1n) is 9.79. The van der Waals surface area contributed by atoms with Gasteiger partial charge in [0, 0.05) is 23.6 Å². The number of hydrogen-bond donors (Lipinski definition) is 0. The largest absolute Gasteiger partial charge is 0.497 e. The zero-order valence-corrected chi connectivity index (χ0v) is 16.8. The molecule has 0 aliphatic carbocycles. The van der Waals surface area contributed by atoms with Crippen LogP contribution in [-0.4, -0.2) is 22.8 Å². The van der Waals surface area contributed by atoms with Crippen LogP contribution in [0.25, 0.3) is 0 Å². The van der Waals surface area contributed by atoms with Crippen molar-refractivity contribution in [2.24, 2.45) is 0 Å². The highest BCUT2D eigenvalue weighted by Gasteiger charge is 2.18. The summed E-state index contributed by atoms with van der Waals surface area (Å²) in [5, 5.41) is 4.23. The highest BCUT2D eigenvalue weighted by Crippen LogP contribution is 2.23. The van der Waals surface area contributed by atoms with E-state index in [1.54, 1.807) is 18.2 Å². The van der Waals surface area contributed by atoms with Crippen LogP contribution in [0.3, 0.4) is 0 Å². The highest BCUT2D eigenvalue weighted by molar-refractivity contribution is 6.06. The molecule has 0 bridgehead atoms. The molecule has 1 amide bonds. The van der Waals surface area contributed by atoms with E-state index >= 15 is 0 Å². The maximum Gasteiger partial charge on any atom is 0.258 e. The zero-order chi connectivity index (χ0) is 20.8. The number of anilines is 1. The number of hydrogen-bond acceptors (Lipinski definition) is 3. The first-order chi connectivity index (χ1) is 14.7. The van der Waals surface area contributed by atoms with Gasteiger partial charge in [-0.25, -0.2) is 0 Å². The minimum absolute atomic E-state index is 0.0466. The second-order valence-corrected chi connectivity index (χ2v) is 6.98. The van der Waals surface area contributed by atoms with E-state index in [0.29, 0.717) is 18.7 Å². The molecule has 0 unspecified atom stereocenters. The Morgan fingerprint density at radius 3 is 2.27 bits per heavy atom. The number of methoxy groups -OCH3 is 1. The van der Waals surface area contributed by atoms with Gasteiger partial charge in [0.05, 0.1) is 20.2 Å². The van der Waals surface area contributed by atoms with Crippen LogP contribution in [0.15, 0.2) is 97.3 Å². The number of rotatable bonds is 7. The summed E-state index contributed by atoms with van der Waals surface area (Å²) in [4.78, 5) is 15.2. The van der Waals surface area contributed by atoms with Gasteiger partial charge in [-0.15, -0.1) is 0 Å². The van der Waals surface area contributed by atoms with Crippen LogP contribution in [0.5, 0.6) is 5.75 Å². The van der Waals surface area contributed by atoms with Crippen molar-refractivity contribution >= 4 is 11.6 Å². The molecular formula is C25H23N3O2. The molecule has 150 valence electrons. The van der Waals surface area contributed by atoms with Crippen molar-refractivity contribution < 1.29 is 9.53 Å². The van der Waals surface area contributed by atoms with E-state index in [2.05, 4.69) is 5.10 Å². The van der Waals surface area contributed by atoms with Crippen molar-refractivity contribution in [3.63, 3.8) is 0 Å². The summed E-state index contributed by atoms with van der Waals surface area (Å²) in [6, 6.07) is 27.1. The van der Waals surface area contributed by atoms with E-state index in [4.69, 9.17) is 4.74 Å². The summed E-state index contributed by atoms with van der Waals surface area (Å²) in [5.74, 6) is 0.712. The molecule has 0 aliphatic heterocycles. The molecular weight excluding hydrogens is 374 g/mol. The van der Waals surface area contributed by atoms with Crippen molar-refractivity contribution in [2.75, 3.05) is 12.0 Å². The first kappa shape index (κ1) is 19.5. The Morgan fingerprint density at radius 1 is 0.900 bits per heavy atom. The summed E-state index contributed by atoms with van der Waals surface area (Å²) >= 11 is 0. The normalized spacial score (nSPS) is 10.6. The molecule has 30 heavy (non-hydrogen) atoms. The summed E-state index contributed by atoms with van der Waals surface area (Å²) in [6.45, 7) is 1.16. The van der Waals surface area contributed by atoms with E-state index in [1.165, 1.54) is 0 Å². The molecule has 0 fully saturated rings. The molecule has 0 saturated heterocycles. The summed E-state index contributed by atoms with van der Waals surface area (Å²) in [5.41, 5.74) is 3.63. The Balaban J connectivity index is 1.59. The molecule has 5 heteroatoms. The van der Waals surface area contributed by atoms with E-state index in [0.717, 1.165) is 22.6 Å². The molecule has 0 aliphatic rings.